The Bertz CT molecular complexity index is 982. The summed E-state index contributed by atoms with van der Waals surface area (Å²) in [6.45, 7) is 1.36. The number of aliphatic imine (C=N–C) groups is 1. The molecule has 2 heterocycles. The lowest BCUT2D eigenvalue weighted by Gasteiger charge is -2.35. The van der Waals surface area contributed by atoms with E-state index in [1.165, 1.54) is 31.5 Å². The van der Waals surface area contributed by atoms with Crippen molar-refractivity contribution in [3.05, 3.63) is 58.4 Å². The fourth-order valence-corrected chi connectivity index (χ4v) is 2.83. The van der Waals surface area contributed by atoms with Crippen LogP contribution in [0.25, 0.3) is 0 Å². The molecule has 3 rings (SSSR count). The second kappa shape index (κ2) is 7.28. The Morgan fingerprint density at radius 3 is 2.57 bits per heavy atom. The van der Waals surface area contributed by atoms with E-state index in [9.17, 15) is 17.6 Å². The molecule has 1 aliphatic rings. The summed E-state index contributed by atoms with van der Waals surface area (Å²) in [5.41, 5.74) is 4.13. The minimum atomic E-state index is -4.67. The van der Waals surface area contributed by atoms with E-state index in [1.54, 1.807) is 0 Å². The van der Waals surface area contributed by atoms with E-state index in [-0.39, 0.29) is 11.4 Å². The van der Waals surface area contributed by atoms with Crippen molar-refractivity contribution in [1.82, 2.24) is 9.97 Å². The summed E-state index contributed by atoms with van der Waals surface area (Å²) in [4.78, 5) is 11.7. The minimum absolute atomic E-state index is 0.0724. The number of hydrogen-bond donors (Lipinski definition) is 1. The van der Waals surface area contributed by atoms with Crippen molar-refractivity contribution >= 4 is 17.6 Å². The lowest BCUT2D eigenvalue weighted by molar-refractivity contribution is -0.208. The molecular weight excluding hydrogens is 400 g/mol. The van der Waals surface area contributed by atoms with E-state index < -0.39 is 36.1 Å². The number of alkyl halides is 3. The lowest BCUT2D eigenvalue weighted by atomic mass is 9.85. The molecule has 0 saturated heterocycles. The summed E-state index contributed by atoms with van der Waals surface area (Å²) in [7, 11) is 0. The van der Waals surface area contributed by atoms with Crippen LogP contribution in [0.15, 0.2) is 35.6 Å². The smallest absolute Gasteiger partial charge is 0.425 e. The van der Waals surface area contributed by atoms with Crippen molar-refractivity contribution in [2.75, 3.05) is 0 Å². The zero-order chi connectivity index (χ0) is 20.5. The predicted molar refractivity (Wildman–Crippen MR) is 93.9 cm³/mol. The number of nitrogens with zero attached hydrogens (tertiary/aromatic N) is 3. The van der Waals surface area contributed by atoms with Gasteiger partial charge in [-0.2, -0.15) is 13.2 Å². The largest absolute Gasteiger partial charge is 0.452 e. The SMILES string of the molecule is CC1(c2cc(C#Cc3ncc(Cl)cn3)ccc2F)CC(C(F)(F)F)OC(N)=N1. The van der Waals surface area contributed by atoms with Crippen molar-refractivity contribution in [3.63, 3.8) is 0 Å². The van der Waals surface area contributed by atoms with Gasteiger partial charge in [0, 0.05) is 17.5 Å². The first-order valence-corrected chi connectivity index (χ1v) is 8.33. The Labute approximate surface area is 162 Å². The van der Waals surface area contributed by atoms with Crippen LogP contribution in [0.3, 0.4) is 0 Å². The first-order chi connectivity index (χ1) is 13.1. The molecule has 2 unspecified atom stereocenters. The number of aromatic nitrogens is 2. The zero-order valence-electron chi connectivity index (χ0n) is 14.4. The molecule has 2 aromatic rings. The standard InChI is InChI=1S/C18H13ClF4N4O/c1-17(7-14(18(21,22)23)28-16(24)27-17)12-6-10(2-4-13(12)20)3-5-15-25-8-11(19)9-26-15/h2,4,6,8-9,14H,7H2,1H3,(H2,24,27). The van der Waals surface area contributed by atoms with Crippen LogP contribution in [-0.4, -0.2) is 28.3 Å². The third-order valence-corrected chi connectivity index (χ3v) is 4.25. The molecule has 2 atom stereocenters. The van der Waals surface area contributed by atoms with Gasteiger partial charge in [-0.3, -0.25) is 0 Å². The number of benzene rings is 1. The fourth-order valence-electron chi connectivity index (χ4n) is 2.74. The molecule has 0 spiro atoms. The molecule has 0 aliphatic carbocycles. The van der Waals surface area contributed by atoms with Gasteiger partial charge in [0.2, 0.25) is 5.82 Å². The summed E-state index contributed by atoms with van der Waals surface area (Å²) in [5.74, 6) is 4.87. The molecular formula is C18H13ClF4N4O. The molecule has 1 aromatic carbocycles. The van der Waals surface area contributed by atoms with Gasteiger partial charge in [0.1, 0.15) is 5.82 Å². The Kier molecular flexibility index (Phi) is 5.17. The molecule has 10 heteroatoms. The van der Waals surface area contributed by atoms with Gasteiger partial charge in [0.05, 0.1) is 23.0 Å². The van der Waals surface area contributed by atoms with Crippen LogP contribution < -0.4 is 5.73 Å². The molecule has 1 aromatic heterocycles. The number of hydrogen-bond acceptors (Lipinski definition) is 5. The Morgan fingerprint density at radius 2 is 1.93 bits per heavy atom. The van der Waals surface area contributed by atoms with E-state index >= 15 is 0 Å². The number of amidine groups is 1. The Morgan fingerprint density at radius 1 is 1.25 bits per heavy atom. The highest BCUT2D eigenvalue weighted by Gasteiger charge is 2.50. The quantitative estimate of drug-likeness (QED) is 0.574. The lowest BCUT2D eigenvalue weighted by Crippen LogP contribution is -2.46. The van der Waals surface area contributed by atoms with Gasteiger partial charge in [0.25, 0.3) is 6.02 Å². The van der Waals surface area contributed by atoms with Crippen molar-refractivity contribution in [3.8, 4) is 11.8 Å². The van der Waals surface area contributed by atoms with Crippen LogP contribution in [0.4, 0.5) is 17.6 Å². The van der Waals surface area contributed by atoms with Crippen LogP contribution in [0.2, 0.25) is 5.02 Å². The summed E-state index contributed by atoms with van der Waals surface area (Å²) in [6.07, 6.45) is -4.74. The topological polar surface area (TPSA) is 73.4 Å². The average molecular weight is 413 g/mol. The summed E-state index contributed by atoms with van der Waals surface area (Å²) in [6, 6.07) is 3.17. The van der Waals surface area contributed by atoms with Crippen molar-refractivity contribution in [2.24, 2.45) is 10.7 Å². The zero-order valence-corrected chi connectivity index (χ0v) is 15.1. The van der Waals surface area contributed by atoms with Crippen LogP contribution in [0.1, 0.15) is 30.3 Å². The van der Waals surface area contributed by atoms with E-state index in [0.29, 0.717) is 10.6 Å². The van der Waals surface area contributed by atoms with E-state index in [0.717, 1.165) is 6.07 Å². The summed E-state index contributed by atoms with van der Waals surface area (Å²) >= 11 is 5.70. The summed E-state index contributed by atoms with van der Waals surface area (Å²) in [5, 5.41) is 0.344. The first kappa shape index (κ1) is 19.9. The monoisotopic (exact) mass is 412 g/mol. The maximum absolute atomic E-state index is 14.4. The van der Waals surface area contributed by atoms with E-state index in [2.05, 4.69) is 31.5 Å². The highest BCUT2D eigenvalue weighted by molar-refractivity contribution is 6.30. The highest BCUT2D eigenvalue weighted by Crippen LogP contribution is 2.40. The van der Waals surface area contributed by atoms with Gasteiger partial charge in [-0.1, -0.05) is 17.5 Å². The van der Waals surface area contributed by atoms with Gasteiger partial charge >= 0.3 is 6.18 Å². The van der Waals surface area contributed by atoms with Gasteiger partial charge in [-0.05, 0) is 31.0 Å². The number of nitrogens with two attached hydrogens (primary N) is 1. The van der Waals surface area contributed by atoms with Crippen molar-refractivity contribution in [1.29, 1.82) is 0 Å². The molecule has 0 bridgehead atoms. The highest BCUT2D eigenvalue weighted by atomic mass is 35.5. The molecule has 0 fully saturated rings. The Hall–Kier alpha value is -2.86. The van der Waals surface area contributed by atoms with Crippen LogP contribution >= 0.6 is 11.6 Å². The van der Waals surface area contributed by atoms with E-state index in [1.807, 2.05) is 0 Å². The maximum atomic E-state index is 14.4. The minimum Gasteiger partial charge on any atom is -0.452 e. The van der Waals surface area contributed by atoms with Gasteiger partial charge in [-0.25, -0.2) is 19.4 Å². The maximum Gasteiger partial charge on any atom is 0.425 e. The molecule has 0 amide bonds. The number of ether oxygens (including phenoxy) is 1. The third kappa shape index (κ3) is 4.34. The summed E-state index contributed by atoms with van der Waals surface area (Å²) < 4.78 is 58.4. The van der Waals surface area contributed by atoms with Gasteiger partial charge in [-0.15, -0.1) is 0 Å². The van der Waals surface area contributed by atoms with Crippen LogP contribution in [-0.2, 0) is 10.3 Å². The molecule has 5 nitrogen and oxygen atoms in total. The molecule has 28 heavy (non-hydrogen) atoms. The second-order valence-corrected chi connectivity index (χ2v) is 6.68. The van der Waals surface area contributed by atoms with Gasteiger partial charge in [0.15, 0.2) is 6.10 Å². The molecule has 1 aliphatic heterocycles. The Balaban J connectivity index is 1.97. The van der Waals surface area contributed by atoms with Crippen molar-refractivity contribution < 1.29 is 22.3 Å². The fraction of sp³-hybridized carbons (Fsp3) is 0.278. The molecule has 0 radical (unpaired) electrons. The van der Waals surface area contributed by atoms with Crippen LogP contribution in [0.5, 0.6) is 0 Å². The average Bonchev–Trinajstić information content (AvgIpc) is 2.61. The van der Waals surface area contributed by atoms with Gasteiger partial charge < -0.3 is 10.5 Å². The normalized spacial score (nSPS) is 21.9. The van der Waals surface area contributed by atoms with Crippen molar-refractivity contribution in [2.45, 2.75) is 31.2 Å². The molecule has 2 N–H and O–H groups in total. The van der Waals surface area contributed by atoms with E-state index in [4.69, 9.17) is 17.3 Å². The first-order valence-electron chi connectivity index (χ1n) is 7.95. The molecule has 146 valence electrons. The van der Waals surface area contributed by atoms with Crippen LogP contribution in [0, 0.1) is 17.7 Å². The predicted octanol–water partition coefficient (Wildman–Crippen LogP) is 3.55. The second-order valence-electron chi connectivity index (χ2n) is 6.25. The number of rotatable bonds is 1. The molecule has 0 saturated carbocycles. The third-order valence-electron chi connectivity index (χ3n) is 4.05. The number of halogens is 5.